The van der Waals surface area contributed by atoms with Crippen molar-refractivity contribution in [3.63, 3.8) is 0 Å². The normalized spacial score (nSPS) is 12.5. The van der Waals surface area contributed by atoms with Crippen LogP contribution in [0.15, 0.2) is 47.4 Å². The highest BCUT2D eigenvalue weighted by atomic mass is 35.5. The predicted molar refractivity (Wildman–Crippen MR) is 121 cm³/mol. The first-order valence-electron chi connectivity index (χ1n) is 9.79. The molecule has 2 aromatic rings. The minimum Gasteiger partial charge on any atom is -0.497 e. The third-order valence-corrected chi connectivity index (χ3v) is 6.94. The molecule has 0 heterocycles. The van der Waals surface area contributed by atoms with Gasteiger partial charge >= 0.3 is 0 Å². The molecule has 164 valence electrons. The van der Waals surface area contributed by atoms with Gasteiger partial charge in [-0.1, -0.05) is 25.4 Å². The van der Waals surface area contributed by atoms with Crippen molar-refractivity contribution < 1.29 is 17.9 Å². The number of ether oxygens (including phenoxy) is 1. The minimum absolute atomic E-state index is 0.00907. The van der Waals surface area contributed by atoms with E-state index < -0.39 is 10.0 Å². The van der Waals surface area contributed by atoms with Crippen molar-refractivity contribution in [3.8, 4) is 5.75 Å². The van der Waals surface area contributed by atoms with Crippen molar-refractivity contribution in [2.45, 2.75) is 44.6 Å². The Morgan fingerprint density at radius 1 is 1.10 bits per heavy atom. The summed E-state index contributed by atoms with van der Waals surface area (Å²) in [6.07, 6.45) is 1.81. The van der Waals surface area contributed by atoms with Crippen molar-refractivity contribution in [1.29, 1.82) is 0 Å². The van der Waals surface area contributed by atoms with Gasteiger partial charge in [0.1, 0.15) is 5.75 Å². The first-order valence-corrected chi connectivity index (χ1v) is 11.6. The van der Waals surface area contributed by atoms with E-state index in [4.69, 9.17) is 16.3 Å². The SMILES string of the molecule is COc1ccc(N(C)S(=O)(=O)c2ccc(Cl)c(C(=O)NC(C)CCC(C)C)c2)cc1. The van der Waals surface area contributed by atoms with E-state index in [9.17, 15) is 13.2 Å². The summed E-state index contributed by atoms with van der Waals surface area (Å²) in [5, 5.41) is 3.10. The van der Waals surface area contributed by atoms with Crippen molar-refractivity contribution in [2.75, 3.05) is 18.5 Å². The summed E-state index contributed by atoms with van der Waals surface area (Å²) in [6.45, 7) is 6.17. The molecule has 0 bridgehead atoms. The fourth-order valence-electron chi connectivity index (χ4n) is 2.88. The van der Waals surface area contributed by atoms with Gasteiger partial charge in [0, 0.05) is 13.1 Å². The van der Waals surface area contributed by atoms with Gasteiger partial charge in [-0.05, 0) is 68.1 Å². The maximum Gasteiger partial charge on any atom is 0.264 e. The number of carbonyl (C=O) groups excluding carboxylic acids is 1. The smallest absolute Gasteiger partial charge is 0.264 e. The molecule has 0 aliphatic carbocycles. The molecule has 0 saturated carbocycles. The van der Waals surface area contributed by atoms with Gasteiger partial charge in [-0.3, -0.25) is 9.10 Å². The molecule has 1 atom stereocenters. The predicted octanol–water partition coefficient (Wildman–Crippen LogP) is 4.73. The number of nitrogens with one attached hydrogen (secondary N) is 1. The highest BCUT2D eigenvalue weighted by Gasteiger charge is 2.24. The van der Waals surface area contributed by atoms with Gasteiger partial charge in [-0.2, -0.15) is 0 Å². The summed E-state index contributed by atoms with van der Waals surface area (Å²) in [5.41, 5.74) is 0.608. The van der Waals surface area contributed by atoms with Crippen LogP contribution in [0.1, 0.15) is 44.0 Å². The number of amides is 1. The molecule has 0 aromatic heterocycles. The third kappa shape index (κ3) is 5.89. The number of hydrogen-bond donors (Lipinski definition) is 1. The van der Waals surface area contributed by atoms with Crippen LogP contribution in [-0.4, -0.2) is 34.5 Å². The number of benzene rings is 2. The highest BCUT2D eigenvalue weighted by Crippen LogP contribution is 2.27. The second-order valence-electron chi connectivity index (χ2n) is 7.66. The molecule has 8 heteroatoms. The van der Waals surface area contributed by atoms with Gasteiger partial charge in [0.25, 0.3) is 15.9 Å². The topological polar surface area (TPSA) is 75.7 Å². The molecule has 0 spiro atoms. The summed E-state index contributed by atoms with van der Waals surface area (Å²) < 4.78 is 32.5. The highest BCUT2D eigenvalue weighted by molar-refractivity contribution is 7.92. The Morgan fingerprint density at radius 2 is 1.73 bits per heavy atom. The van der Waals surface area contributed by atoms with E-state index in [1.165, 1.54) is 25.2 Å². The molecule has 1 amide bonds. The largest absolute Gasteiger partial charge is 0.497 e. The molecule has 2 aromatic carbocycles. The van der Waals surface area contributed by atoms with Crippen LogP contribution < -0.4 is 14.4 Å². The molecule has 6 nitrogen and oxygen atoms in total. The van der Waals surface area contributed by atoms with E-state index >= 15 is 0 Å². The lowest BCUT2D eigenvalue weighted by Gasteiger charge is -2.21. The van der Waals surface area contributed by atoms with E-state index in [-0.39, 0.29) is 27.4 Å². The Bertz CT molecular complexity index is 975. The third-order valence-electron chi connectivity index (χ3n) is 4.83. The molecule has 2 rings (SSSR count). The lowest BCUT2D eigenvalue weighted by Crippen LogP contribution is -2.33. The summed E-state index contributed by atoms with van der Waals surface area (Å²) in [7, 11) is -0.882. The Kier molecular flexibility index (Phi) is 8.15. The number of carbonyl (C=O) groups is 1. The molecule has 0 aliphatic rings. The van der Waals surface area contributed by atoms with Crippen LogP contribution in [0.5, 0.6) is 5.75 Å². The molecule has 1 N–H and O–H groups in total. The maximum absolute atomic E-state index is 13.1. The van der Waals surface area contributed by atoms with E-state index in [0.717, 1.165) is 17.1 Å². The zero-order valence-corrected chi connectivity index (χ0v) is 19.5. The Hall–Kier alpha value is -2.25. The van der Waals surface area contributed by atoms with Crippen LogP contribution in [0.2, 0.25) is 5.02 Å². The van der Waals surface area contributed by atoms with Gasteiger partial charge in [-0.25, -0.2) is 8.42 Å². The van der Waals surface area contributed by atoms with E-state index in [1.54, 1.807) is 31.4 Å². The number of methoxy groups -OCH3 is 1. The summed E-state index contributed by atoms with van der Waals surface area (Å²) in [4.78, 5) is 12.7. The van der Waals surface area contributed by atoms with Crippen LogP contribution in [-0.2, 0) is 10.0 Å². The fourth-order valence-corrected chi connectivity index (χ4v) is 4.31. The van der Waals surface area contributed by atoms with Gasteiger partial charge in [0.2, 0.25) is 0 Å². The Labute approximate surface area is 184 Å². The molecule has 0 radical (unpaired) electrons. The van der Waals surface area contributed by atoms with Crippen molar-refractivity contribution in [3.05, 3.63) is 53.1 Å². The van der Waals surface area contributed by atoms with Crippen LogP contribution >= 0.6 is 11.6 Å². The zero-order valence-electron chi connectivity index (χ0n) is 18.0. The number of sulfonamides is 1. The zero-order chi connectivity index (χ0) is 22.5. The number of anilines is 1. The van der Waals surface area contributed by atoms with Crippen molar-refractivity contribution in [1.82, 2.24) is 5.32 Å². The van der Waals surface area contributed by atoms with Crippen LogP contribution in [0.25, 0.3) is 0 Å². The molecule has 30 heavy (non-hydrogen) atoms. The molecular weight excluding hydrogens is 424 g/mol. The molecular formula is C22H29ClN2O4S. The molecule has 0 saturated heterocycles. The van der Waals surface area contributed by atoms with Gasteiger partial charge in [-0.15, -0.1) is 0 Å². The lowest BCUT2D eigenvalue weighted by atomic mass is 10.0. The molecule has 1 unspecified atom stereocenters. The summed E-state index contributed by atoms with van der Waals surface area (Å²) in [6, 6.07) is 10.8. The average Bonchev–Trinajstić information content (AvgIpc) is 2.71. The first-order chi connectivity index (χ1) is 14.1. The van der Waals surface area contributed by atoms with Crippen molar-refractivity contribution >= 4 is 33.2 Å². The van der Waals surface area contributed by atoms with Crippen LogP contribution in [0.3, 0.4) is 0 Å². The van der Waals surface area contributed by atoms with Crippen LogP contribution in [0, 0.1) is 5.92 Å². The average molecular weight is 453 g/mol. The van der Waals surface area contributed by atoms with E-state index in [0.29, 0.717) is 17.4 Å². The quantitative estimate of drug-likeness (QED) is 0.596. The second-order valence-corrected chi connectivity index (χ2v) is 10.0. The Balaban J connectivity index is 2.26. The summed E-state index contributed by atoms with van der Waals surface area (Å²) >= 11 is 6.20. The van der Waals surface area contributed by atoms with Gasteiger partial charge in [0.15, 0.2) is 0 Å². The fraction of sp³-hybridized carbons (Fsp3) is 0.409. The summed E-state index contributed by atoms with van der Waals surface area (Å²) in [5.74, 6) is 0.775. The molecule has 0 fully saturated rings. The first kappa shape index (κ1) is 24.0. The number of hydrogen-bond acceptors (Lipinski definition) is 4. The monoisotopic (exact) mass is 452 g/mol. The van der Waals surface area contributed by atoms with Crippen molar-refractivity contribution in [2.24, 2.45) is 5.92 Å². The van der Waals surface area contributed by atoms with Crippen LogP contribution in [0.4, 0.5) is 5.69 Å². The number of halogens is 1. The van der Waals surface area contributed by atoms with E-state index in [1.807, 2.05) is 6.92 Å². The maximum atomic E-state index is 13.1. The van der Waals surface area contributed by atoms with E-state index in [2.05, 4.69) is 19.2 Å². The Morgan fingerprint density at radius 3 is 2.30 bits per heavy atom. The lowest BCUT2D eigenvalue weighted by molar-refractivity contribution is 0.0937. The minimum atomic E-state index is -3.88. The standard InChI is InChI=1S/C22H29ClN2O4S/c1-15(2)6-7-16(3)24-22(26)20-14-19(12-13-21(20)23)30(27,28)25(4)17-8-10-18(29-5)11-9-17/h8-16H,6-7H2,1-5H3,(H,24,26). The molecule has 0 aliphatic heterocycles. The number of rotatable bonds is 9. The van der Waals surface area contributed by atoms with Gasteiger partial charge < -0.3 is 10.1 Å². The second kappa shape index (κ2) is 10.2. The van der Waals surface area contributed by atoms with Gasteiger partial charge in [0.05, 0.1) is 28.3 Å². The number of nitrogens with zero attached hydrogens (tertiary/aromatic N) is 1.